The number of benzene rings is 1. The van der Waals surface area contributed by atoms with E-state index in [-0.39, 0.29) is 5.78 Å². The Bertz CT molecular complexity index is 635. The number of hydrogen-bond acceptors (Lipinski definition) is 3. The van der Waals surface area contributed by atoms with E-state index in [1.54, 1.807) is 13.0 Å². The van der Waals surface area contributed by atoms with Crippen molar-refractivity contribution in [2.24, 2.45) is 0 Å². The van der Waals surface area contributed by atoms with Crippen molar-refractivity contribution >= 4 is 23.1 Å². The summed E-state index contributed by atoms with van der Waals surface area (Å²) >= 11 is 6.29. The first-order valence-electron chi connectivity index (χ1n) is 6.20. The Morgan fingerprint density at radius 3 is 2.95 bits per heavy atom. The largest absolute Gasteiger partial charge is 0.361 e. The average molecular weight is 276 g/mol. The molecule has 0 saturated heterocycles. The molecule has 19 heavy (non-hydrogen) atoms. The highest BCUT2D eigenvalue weighted by Gasteiger charge is 2.19. The standard InChI is InChI=1S/C14H14ClN3O/c1-10(19)11-2-3-13(12(15)8-11)18-7-6-17-5-4-16-14(17)9-18/h2-5,8H,6-7,9H2,1H3. The van der Waals surface area contributed by atoms with Gasteiger partial charge in [-0.2, -0.15) is 0 Å². The van der Waals surface area contributed by atoms with E-state index in [2.05, 4.69) is 14.5 Å². The van der Waals surface area contributed by atoms with Crippen LogP contribution in [0.4, 0.5) is 5.69 Å². The molecule has 1 aromatic carbocycles. The van der Waals surface area contributed by atoms with Crippen LogP contribution in [0.1, 0.15) is 23.1 Å². The highest BCUT2D eigenvalue weighted by Crippen LogP contribution is 2.29. The van der Waals surface area contributed by atoms with Gasteiger partial charge in [0, 0.05) is 31.0 Å². The van der Waals surface area contributed by atoms with Crippen molar-refractivity contribution in [2.75, 3.05) is 11.4 Å². The molecule has 0 spiro atoms. The van der Waals surface area contributed by atoms with Crippen molar-refractivity contribution in [3.63, 3.8) is 0 Å². The Morgan fingerprint density at radius 1 is 1.37 bits per heavy atom. The van der Waals surface area contributed by atoms with Gasteiger partial charge in [-0.25, -0.2) is 4.98 Å². The van der Waals surface area contributed by atoms with Gasteiger partial charge in [-0.05, 0) is 25.1 Å². The number of fused-ring (bicyclic) bond motifs is 1. The van der Waals surface area contributed by atoms with Crippen LogP contribution in [-0.2, 0) is 13.1 Å². The Morgan fingerprint density at radius 2 is 2.21 bits per heavy atom. The fourth-order valence-corrected chi connectivity index (χ4v) is 2.66. The molecule has 0 aliphatic carbocycles. The van der Waals surface area contributed by atoms with Gasteiger partial charge in [0.15, 0.2) is 5.78 Å². The normalized spacial score (nSPS) is 14.3. The molecule has 2 aromatic rings. The van der Waals surface area contributed by atoms with Gasteiger partial charge in [0.25, 0.3) is 0 Å². The van der Waals surface area contributed by atoms with E-state index in [1.165, 1.54) is 0 Å². The number of aromatic nitrogens is 2. The number of Topliss-reactive ketones (excluding diaryl/α,β-unsaturated/α-hetero) is 1. The monoisotopic (exact) mass is 275 g/mol. The van der Waals surface area contributed by atoms with Crippen LogP contribution in [0, 0.1) is 0 Å². The summed E-state index contributed by atoms with van der Waals surface area (Å²) in [5.74, 6) is 1.07. The molecule has 1 aromatic heterocycles. The molecule has 0 saturated carbocycles. The first kappa shape index (κ1) is 12.2. The van der Waals surface area contributed by atoms with E-state index in [1.807, 2.05) is 24.5 Å². The maximum atomic E-state index is 11.3. The lowest BCUT2D eigenvalue weighted by Crippen LogP contribution is -2.33. The maximum absolute atomic E-state index is 11.3. The van der Waals surface area contributed by atoms with Gasteiger partial charge in [-0.1, -0.05) is 11.6 Å². The van der Waals surface area contributed by atoms with Crippen LogP contribution in [0.15, 0.2) is 30.6 Å². The van der Waals surface area contributed by atoms with Crippen molar-refractivity contribution in [1.82, 2.24) is 9.55 Å². The van der Waals surface area contributed by atoms with Gasteiger partial charge in [0.1, 0.15) is 5.82 Å². The number of carbonyl (C=O) groups excluding carboxylic acids is 1. The summed E-state index contributed by atoms with van der Waals surface area (Å²) < 4.78 is 2.15. The van der Waals surface area contributed by atoms with Gasteiger partial charge in [-0.15, -0.1) is 0 Å². The predicted molar refractivity (Wildman–Crippen MR) is 74.7 cm³/mol. The zero-order chi connectivity index (χ0) is 13.4. The Labute approximate surface area is 116 Å². The number of imidazole rings is 1. The summed E-state index contributed by atoms with van der Waals surface area (Å²) in [5, 5.41) is 0.618. The van der Waals surface area contributed by atoms with Gasteiger partial charge in [0.05, 0.1) is 17.3 Å². The Kier molecular flexibility index (Phi) is 3.03. The van der Waals surface area contributed by atoms with Gasteiger partial charge in [-0.3, -0.25) is 4.79 Å². The topological polar surface area (TPSA) is 38.1 Å². The fraction of sp³-hybridized carbons (Fsp3) is 0.286. The molecule has 3 rings (SSSR count). The summed E-state index contributed by atoms with van der Waals surface area (Å²) in [6, 6.07) is 5.47. The smallest absolute Gasteiger partial charge is 0.159 e. The van der Waals surface area contributed by atoms with Gasteiger partial charge in [0.2, 0.25) is 0 Å². The lowest BCUT2D eigenvalue weighted by atomic mass is 10.1. The zero-order valence-corrected chi connectivity index (χ0v) is 11.4. The van der Waals surface area contributed by atoms with Gasteiger partial charge < -0.3 is 9.47 Å². The number of carbonyl (C=O) groups is 1. The van der Waals surface area contributed by atoms with Crippen LogP contribution >= 0.6 is 11.6 Å². The molecule has 0 radical (unpaired) electrons. The second-order valence-electron chi connectivity index (χ2n) is 4.68. The van der Waals surface area contributed by atoms with Crippen LogP contribution < -0.4 is 4.90 Å². The predicted octanol–water partition coefficient (Wildman–Crippen LogP) is 2.76. The third-order valence-corrected chi connectivity index (χ3v) is 3.74. The van der Waals surface area contributed by atoms with Crippen molar-refractivity contribution in [3.05, 3.63) is 47.0 Å². The highest BCUT2D eigenvalue weighted by atomic mass is 35.5. The molecule has 0 bridgehead atoms. The zero-order valence-electron chi connectivity index (χ0n) is 10.6. The number of halogens is 1. The SMILES string of the molecule is CC(=O)c1ccc(N2CCn3ccnc3C2)c(Cl)c1. The van der Waals surface area contributed by atoms with Crippen LogP contribution in [0.25, 0.3) is 0 Å². The molecule has 1 aliphatic heterocycles. The minimum Gasteiger partial charge on any atom is -0.361 e. The minimum absolute atomic E-state index is 0.0302. The molecule has 4 nitrogen and oxygen atoms in total. The molecule has 2 heterocycles. The van der Waals surface area contributed by atoms with Crippen molar-refractivity contribution < 1.29 is 4.79 Å². The van der Waals surface area contributed by atoms with Crippen LogP contribution in [0.5, 0.6) is 0 Å². The molecule has 5 heteroatoms. The summed E-state index contributed by atoms with van der Waals surface area (Å²) in [6.45, 7) is 4.08. The van der Waals surface area contributed by atoms with Gasteiger partial charge >= 0.3 is 0 Å². The summed E-state index contributed by atoms with van der Waals surface area (Å²) in [7, 11) is 0. The van der Waals surface area contributed by atoms with E-state index < -0.39 is 0 Å². The third-order valence-electron chi connectivity index (χ3n) is 3.44. The molecular weight excluding hydrogens is 262 g/mol. The van der Waals surface area contributed by atoms with Crippen LogP contribution in [0.2, 0.25) is 5.02 Å². The number of nitrogens with zero attached hydrogens (tertiary/aromatic N) is 3. The van der Waals surface area contributed by atoms with E-state index in [9.17, 15) is 4.79 Å². The Hall–Kier alpha value is -1.81. The van der Waals surface area contributed by atoms with Crippen molar-refractivity contribution in [2.45, 2.75) is 20.0 Å². The molecule has 0 N–H and O–H groups in total. The van der Waals surface area contributed by atoms with Crippen LogP contribution in [-0.4, -0.2) is 21.9 Å². The minimum atomic E-state index is 0.0302. The van der Waals surface area contributed by atoms with E-state index >= 15 is 0 Å². The molecule has 1 aliphatic rings. The molecular formula is C14H14ClN3O. The van der Waals surface area contributed by atoms with Crippen LogP contribution in [0.3, 0.4) is 0 Å². The Balaban J connectivity index is 1.90. The number of anilines is 1. The highest BCUT2D eigenvalue weighted by molar-refractivity contribution is 6.33. The summed E-state index contributed by atoms with van der Waals surface area (Å²) in [6.07, 6.45) is 3.81. The molecule has 0 fully saturated rings. The molecule has 98 valence electrons. The number of ketones is 1. The fourth-order valence-electron chi connectivity index (χ4n) is 2.36. The molecule has 0 unspecified atom stereocenters. The lowest BCUT2D eigenvalue weighted by molar-refractivity contribution is 0.101. The van der Waals surface area contributed by atoms with E-state index in [4.69, 9.17) is 11.6 Å². The first-order chi connectivity index (χ1) is 9.15. The molecule has 0 atom stereocenters. The van der Waals surface area contributed by atoms with E-state index in [0.29, 0.717) is 10.6 Å². The van der Waals surface area contributed by atoms with Crippen molar-refractivity contribution in [3.8, 4) is 0 Å². The summed E-state index contributed by atoms with van der Waals surface area (Å²) in [4.78, 5) is 17.8. The van der Waals surface area contributed by atoms with Crippen molar-refractivity contribution in [1.29, 1.82) is 0 Å². The second-order valence-corrected chi connectivity index (χ2v) is 5.09. The number of rotatable bonds is 2. The first-order valence-corrected chi connectivity index (χ1v) is 6.58. The summed E-state index contributed by atoms with van der Waals surface area (Å²) in [5.41, 5.74) is 1.60. The number of hydrogen-bond donors (Lipinski definition) is 0. The van der Waals surface area contributed by atoms with E-state index in [0.717, 1.165) is 31.1 Å². The lowest BCUT2D eigenvalue weighted by Gasteiger charge is -2.30. The quantitative estimate of drug-likeness (QED) is 0.791. The molecule has 0 amide bonds. The second kappa shape index (κ2) is 4.70. The third kappa shape index (κ3) is 2.24. The average Bonchev–Trinajstić information content (AvgIpc) is 2.85. The maximum Gasteiger partial charge on any atom is 0.159 e.